The molecule has 94 valence electrons. The molecule has 0 aliphatic carbocycles. The number of aromatic nitrogens is 3. The molecule has 2 rings (SSSR count). The summed E-state index contributed by atoms with van der Waals surface area (Å²) in [6, 6.07) is 3.59. The van der Waals surface area contributed by atoms with Gasteiger partial charge in [0.1, 0.15) is 21.9 Å². The number of nitrogens with zero attached hydrogens (tertiary/aromatic N) is 3. The molecule has 18 heavy (non-hydrogen) atoms. The molecule has 1 N–H and O–H groups in total. The second kappa shape index (κ2) is 4.89. The lowest BCUT2D eigenvalue weighted by Crippen LogP contribution is -2.09. The lowest BCUT2D eigenvalue weighted by molar-refractivity contribution is -0.141. The van der Waals surface area contributed by atoms with E-state index in [2.05, 4.69) is 36.2 Å². The largest absolute Gasteiger partial charge is 0.433 e. The van der Waals surface area contributed by atoms with E-state index in [-0.39, 0.29) is 5.82 Å². The summed E-state index contributed by atoms with van der Waals surface area (Å²) >= 11 is 3.10. The second-order valence-electron chi connectivity index (χ2n) is 3.26. The quantitative estimate of drug-likeness (QED) is 0.922. The lowest BCUT2D eigenvalue weighted by Gasteiger charge is -2.08. The average molecular weight is 319 g/mol. The maximum Gasteiger partial charge on any atom is 0.433 e. The first-order valence-corrected chi connectivity index (χ1v) is 5.53. The van der Waals surface area contributed by atoms with E-state index >= 15 is 0 Å². The number of anilines is 2. The summed E-state index contributed by atoms with van der Waals surface area (Å²) in [6.07, 6.45) is -1.66. The summed E-state index contributed by atoms with van der Waals surface area (Å²) in [6.45, 7) is 0. The van der Waals surface area contributed by atoms with Gasteiger partial charge in [-0.15, -0.1) is 0 Å². The molecule has 0 radical (unpaired) electrons. The van der Waals surface area contributed by atoms with Crippen LogP contribution in [-0.4, -0.2) is 15.0 Å². The third-order valence-corrected chi connectivity index (χ3v) is 2.33. The molecular formula is C10H6BrF3N4. The van der Waals surface area contributed by atoms with Crippen LogP contribution in [0.2, 0.25) is 0 Å². The third kappa shape index (κ3) is 3.16. The number of hydrogen-bond acceptors (Lipinski definition) is 4. The Morgan fingerprint density at radius 3 is 2.44 bits per heavy atom. The van der Waals surface area contributed by atoms with Crippen molar-refractivity contribution in [2.75, 3.05) is 5.32 Å². The van der Waals surface area contributed by atoms with Gasteiger partial charge in [-0.1, -0.05) is 6.07 Å². The van der Waals surface area contributed by atoms with Gasteiger partial charge >= 0.3 is 6.18 Å². The standard InChI is InChI=1S/C10H6BrF3N4/c11-7-4-16-9(5-15-7)18-8-3-1-2-6(17-8)10(12,13)14/h1-5H,(H,16,17,18). The van der Waals surface area contributed by atoms with Crippen LogP contribution in [0.4, 0.5) is 24.8 Å². The Morgan fingerprint density at radius 2 is 1.83 bits per heavy atom. The highest BCUT2D eigenvalue weighted by molar-refractivity contribution is 9.10. The molecule has 0 fully saturated rings. The van der Waals surface area contributed by atoms with Crippen LogP contribution in [0.3, 0.4) is 0 Å². The van der Waals surface area contributed by atoms with Crippen LogP contribution in [-0.2, 0) is 6.18 Å². The molecule has 0 aromatic carbocycles. The van der Waals surface area contributed by atoms with Gasteiger partial charge in [-0.25, -0.2) is 15.0 Å². The summed E-state index contributed by atoms with van der Waals surface area (Å²) < 4.78 is 37.8. The molecule has 0 atom stereocenters. The number of nitrogens with one attached hydrogen (secondary N) is 1. The van der Waals surface area contributed by atoms with Crippen molar-refractivity contribution in [1.82, 2.24) is 15.0 Å². The summed E-state index contributed by atoms with van der Waals surface area (Å²) in [4.78, 5) is 11.3. The molecule has 0 saturated heterocycles. The van der Waals surface area contributed by atoms with Crippen molar-refractivity contribution in [3.63, 3.8) is 0 Å². The molecule has 2 aromatic rings. The molecule has 0 aliphatic rings. The van der Waals surface area contributed by atoms with E-state index < -0.39 is 11.9 Å². The SMILES string of the molecule is FC(F)(F)c1cccc(Nc2cnc(Br)cn2)n1. The van der Waals surface area contributed by atoms with Crippen LogP contribution in [0.15, 0.2) is 35.2 Å². The minimum atomic E-state index is -4.47. The Kier molecular flexibility index (Phi) is 3.46. The van der Waals surface area contributed by atoms with Crippen molar-refractivity contribution in [2.45, 2.75) is 6.18 Å². The first kappa shape index (κ1) is 12.7. The highest BCUT2D eigenvalue weighted by atomic mass is 79.9. The van der Waals surface area contributed by atoms with Crippen molar-refractivity contribution < 1.29 is 13.2 Å². The van der Waals surface area contributed by atoms with Crippen LogP contribution >= 0.6 is 15.9 Å². The monoisotopic (exact) mass is 318 g/mol. The fourth-order valence-electron chi connectivity index (χ4n) is 1.17. The molecule has 0 unspecified atom stereocenters. The van der Waals surface area contributed by atoms with Gasteiger partial charge in [0, 0.05) is 0 Å². The number of hydrogen-bond donors (Lipinski definition) is 1. The van der Waals surface area contributed by atoms with E-state index in [0.717, 1.165) is 6.07 Å². The molecule has 0 bridgehead atoms. The summed E-state index contributed by atoms with van der Waals surface area (Å²) in [7, 11) is 0. The van der Waals surface area contributed by atoms with Gasteiger partial charge in [0.25, 0.3) is 0 Å². The van der Waals surface area contributed by atoms with Gasteiger partial charge in [0.05, 0.1) is 12.4 Å². The maximum atomic E-state index is 12.4. The van der Waals surface area contributed by atoms with E-state index in [0.29, 0.717) is 10.4 Å². The van der Waals surface area contributed by atoms with E-state index in [4.69, 9.17) is 0 Å². The first-order chi connectivity index (χ1) is 8.45. The lowest BCUT2D eigenvalue weighted by atomic mass is 10.3. The Morgan fingerprint density at radius 1 is 1.06 bits per heavy atom. The van der Waals surface area contributed by atoms with Gasteiger partial charge in [-0.05, 0) is 28.1 Å². The zero-order valence-electron chi connectivity index (χ0n) is 8.74. The first-order valence-electron chi connectivity index (χ1n) is 4.74. The predicted octanol–water partition coefficient (Wildman–Crippen LogP) is 3.40. The molecule has 8 heteroatoms. The Balaban J connectivity index is 2.22. The highest BCUT2D eigenvalue weighted by Gasteiger charge is 2.32. The van der Waals surface area contributed by atoms with Crippen molar-refractivity contribution in [3.05, 3.63) is 40.9 Å². The molecule has 2 heterocycles. The molecule has 4 nitrogen and oxygen atoms in total. The number of halogens is 4. The number of alkyl halides is 3. The number of rotatable bonds is 2. The van der Waals surface area contributed by atoms with Crippen molar-refractivity contribution in [3.8, 4) is 0 Å². The third-order valence-electron chi connectivity index (χ3n) is 1.92. The van der Waals surface area contributed by atoms with E-state index in [9.17, 15) is 13.2 Å². The minimum Gasteiger partial charge on any atom is -0.324 e. The summed E-state index contributed by atoms with van der Waals surface area (Å²) in [5.41, 5.74) is -0.961. The van der Waals surface area contributed by atoms with Gasteiger partial charge in [-0.3, -0.25) is 0 Å². The normalized spacial score (nSPS) is 11.3. The van der Waals surface area contributed by atoms with Crippen LogP contribution in [0.1, 0.15) is 5.69 Å². The maximum absolute atomic E-state index is 12.4. The zero-order chi connectivity index (χ0) is 13.2. The predicted molar refractivity (Wildman–Crippen MR) is 62.3 cm³/mol. The van der Waals surface area contributed by atoms with E-state index in [1.165, 1.54) is 24.5 Å². The fraction of sp³-hybridized carbons (Fsp3) is 0.100. The molecule has 0 spiro atoms. The minimum absolute atomic E-state index is 0.0569. The molecule has 0 aliphatic heterocycles. The second-order valence-corrected chi connectivity index (χ2v) is 4.07. The van der Waals surface area contributed by atoms with E-state index in [1.54, 1.807) is 0 Å². The molecule has 0 amide bonds. The van der Waals surface area contributed by atoms with Gasteiger partial charge < -0.3 is 5.32 Å². The van der Waals surface area contributed by atoms with Crippen molar-refractivity contribution >= 4 is 27.6 Å². The Bertz CT molecular complexity index is 542. The van der Waals surface area contributed by atoms with Crippen LogP contribution in [0.5, 0.6) is 0 Å². The average Bonchev–Trinajstić information content (AvgIpc) is 2.31. The topological polar surface area (TPSA) is 50.7 Å². The fourth-order valence-corrected chi connectivity index (χ4v) is 1.38. The zero-order valence-corrected chi connectivity index (χ0v) is 10.3. The van der Waals surface area contributed by atoms with Crippen molar-refractivity contribution in [2.24, 2.45) is 0 Å². The van der Waals surface area contributed by atoms with Crippen LogP contribution in [0.25, 0.3) is 0 Å². The molecular weight excluding hydrogens is 313 g/mol. The smallest absolute Gasteiger partial charge is 0.324 e. The van der Waals surface area contributed by atoms with Crippen LogP contribution < -0.4 is 5.32 Å². The molecule has 2 aromatic heterocycles. The number of pyridine rings is 1. The molecule has 0 saturated carbocycles. The van der Waals surface area contributed by atoms with Gasteiger partial charge in [-0.2, -0.15) is 13.2 Å². The Hall–Kier alpha value is -1.70. The van der Waals surface area contributed by atoms with Gasteiger partial charge in [0.2, 0.25) is 0 Å². The summed E-state index contributed by atoms with van der Waals surface area (Å²) in [5, 5.41) is 2.64. The Labute approximate surface area is 108 Å². The van der Waals surface area contributed by atoms with Gasteiger partial charge in [0.15, 0.2) is 0 Å². The highest BCUT2D eigenvalue weighted by Crippen LogP contribution is 2.28. The van der Waals surface area contributed by atoms with E-state index in [1.807, 2.05) is 0 Å². The van der Waals surface area contributed by atoms with Crippen molar-refractivity contribution in [1.29, 1.82) is 0 Å². The van der Waals surface area contributed by atoms with Crippen LogP contribution in [0, 0.1) is 0 Å². The summed E-state index contributed by atoms with van der Waals surface area (Å²) in [5.74, 6) is 0.367.